The van der Waals surface area contributed by atoms with Crippen LogP contribution in [0.1, 0.15) is 25.3 Å². The maximum Gasteiger partial charge on any atom is 0.246 e. The van der Waals surface area contributed by atoms with Gasteiger partial charge >= 0.3 is 0 Å². The van der Waals surface area contributed by atoms with Crippen molar-refractivity contribution >= 4 is 34.8 Å². The summed E-state index contributed by atoms with van der Waals surface area (Å²) < 4.78 is 23.8. The van der Waals surface area contributed by atoms with E-state index in [0.717, 1.165) is 16.6 Å². The highest BCUT2D eigenvalue weighted by molar-refractivity contribution is 7.71. The van der Waals surface area contributed by atoms with Gasteiger partial charge in [-0.1, -0.05) is 44.7 Å². The number of carbonyl (C=O) groups is 1. The molecule has 7 nitrogen and oxygen atoms in total. The standard InChI is InChI=1S/C31H29FN4O3S/c1-4-27(38)34-12-13-35-20(16-34)17-39-26-15-19(28-22(32)9-7-11-25(28)37)14-24-29(26)30(35)33-31(40)36(24)23-10-6-5-8-21(23)18(2)3/h4-11,14-15,18,20,37H,1,12-13,16-17H2,2-3H3/t20-/m0/s1. The molecule has 204 valence electrons. The number of amides is 1. The molecule has 0 spiro atoms. The topological polar surface area (TPSA) is 70.8 Å². The number of ether oxygens (including phenoxy) is 1. The number of nitrogens with zero attached hydrogens (tertiary/aromatic N) is 4. The largest absolute Gasteiger partial charge is 0.507 e. The van der Waals surface area contributed by atoms with Crippen LogP contribution in [0.3, 0.4) is 0 Å². The number of halogens is 1. The van der Waals surface area contributed by atoms with Crippen LogP contribution in [0.5, 0.6) is 11.5 Å². The fourth-order valence-corrected chi connectivity index (χ4v) is 6.05. The van der Waals surface area contributed by atoms with Gasteiger partial charge in [-0.3, -0.25) is 9.36 Å². The SMILES string of the molecule is C=CC(=O)N1CCN2c3nc(=S)n(-c4ccccc4C(C)C)c4cc(-c5c(O)cccc5F)cc(c34)OC[C@@H]2C1. The zero-order valence-electron chi connectivity index (χ0n) is 22.3. The first-order valence-electron chi connectivity index (χ1n) is 13.3. The van der Waals surface area contributed by atoms with E-state index in [-0.39, 0.29) is 35.8 Å². The smallest absolute Gasteiger partial charge is 0.246 e. The van der Waals surface area contributed by atoms with E-state index in [9.17, 15) is 9.90 Å². The lowest BCUT2D eigenvalue weighted by Crippen LogP contribution is -2.56. The first-order chi connectivity index (χ1) is 19.3. The van der Waals surface area contributed by atoms with Crippen LogP contribution in [0.15, 0.2) is 67.3 Å². The molecule has 0 unspecified atom stereocenters. The molecule has 3 heterocycles. The highest BCUT2D eigenvalue weighted by Crippen LogP contribution is 2.44. The molecular weight excluding hydrogens is 527 g/mol. The normalized spacial score (nSPS) is 16.4. The quantitative estimate of drug-likeness (QED) is 0.246. The number of piperazine rings is 1. The number of benzene rings is 3. The first-order valence-corrected chi connectivity index (χ1v) is 13.7. The van der Waals surface area contributed by atoms with Crippen molar-refractivity contribution in [2.75, 3.05) is 31.1 Å². The van der Waals surface area contributed by atoms with Crippen molar-refractivity contribution in [3.05, 3.63) is 83.4 Å². The lowest BCUT2D eigenvalue weighted by Gasteiger charge is -2.40. The highest BCUT2D eigenvalue weighted by atomic mass is 32.1. The average Bonchev–Trinajstić information content (AvgIpc) is 3.09. The van der Waals surface area contributed by atoms with E-state index in [1.54, 1.807) is 11.0 Å². The van der Waals surface area contributed by atoms with E-state index < -0.39 is 5.82 Å². The Bertz CT molecular complexity index is 1710. The molecule has 1 saturated heterocycles. The van der Waals surface area contributed by atoms with Gasteiger partial charge in [-0.05, 0) is 65.7 Å². The molecule has 0 aliphatic carbocycles. The highest BCUT2D eigenvalue weighted by Gasteiger charge is 2.35. The van der Waals surface area contributed by atoms with Crippen molar-refractivity contribution in [3.63, 3.8) is 0 Å². The van der Waals surface area contributed by atoms with Gasteiger partial charge in [-0.25, -0.2) is 9.37 Å². The molecular formula is C31H29FN4O3S. The van der Waals surface area contributed by atoms with Crippen LogP contribution in [0, 0.1) is 10.6 Å². The molecule has 0 saturated carbocycles. The molecule has 6 rings (SSSR count). The second-order valence-electron chi connectivity index (χ2n) is 10.4. The van der Waals surface area contributed by atoms with Gasteiger partial charge in [-0.2, -0.15) is 0 Å². The van der Waals surface area contributed by atoms with E-state index in [2.05, 4.69) is 31.4 Å². The number of carbonyl (C=O) groups excluding carboxylic acids is 1. The van der Waals surface area contributed by atoms with Gasteiger partial charge in [0.2, 0.25) is 10.7 Å². The molecule has 4 aromatic rings. The number of para-hydroxylation sites is 1. The predicted molar refractivity (Wildman–Crippen MR) is 156 cm³/mol. The molecule has 1 aromatic heterocycles. The Balaban J connectivity index is 1.65. The van der Waals surface area contributed by atoms with E-state index in [1.165, 1.54) is 24.3 Å². The van der Waals surface area contributed by atoms with Crippen LogP contribution < -0.4 is 9.64 Å². The summed E-state index contributed by atoms with van der Waals surface area (Å²) in [6.45, 7) is 9.66. The summed E-state index contributed by atoms with van der Waals surface area (Å²) in [5.41, 5.74) is 3.21. The van der Waals surface area contributed by atoms with Crippen LogP contribution in [0.25, 0.3) is 27.7 Å². The van der Waals surface area contributed by atoms with Crippen molar-refractivity contribution in [2.24, 2.45) is 0 Å². The molecule has 40 heavy (non-hydrogen) atoms. The van der Waals surface area contributed by atoms with Crippen molar-refractivity contribution in [2.45, 2.75) is 25.8 Å². The molecule has 1 atom stereocenters. The van der Waals surface area contributed by atoms with E-state index >= 15 is 4.39 Å². The zero-order chi connectivity index (χ0) is 28.1. The Labute approximate surface area is 236 Å². The summed E-state index contributed by atoms with van der Waals surface area (Å²) in [6, 6.07) is 15.7. The average molecular weight is 557 g/mol. The summed E-state index contributed by atoms with van der Waals surface area (Å²) in [5.74, 6) is 0.552. The maximum atomic E-state index is 15.1. The van der Waals surface area contributed by atoms with Gasteiger partial charge in [0.25, 0.3) is 0 Å². The predicted octanol–water partition coefficient (Wildman–Crippen LogP) is 5.99. The number of aromatic nitrogens is 2. The fraction of sp³-hybridized carbons (Fsp3) is 0.258. The third kappa shape index (κ3) is 4.21. The number of anilines is 1. The molecule has 2 aliphatic heterocycles. The Hall–Kier alpha value is -4.24. The van der Waals surface area contributed by atoms with Gasteiger partial charge in [0, 0.05) is 19.6 Å². The van der Waals surface area contributed by atoms with Crippen molar-refractivity contribution < 1.29 is 19.0 Å². The fourth-order valence-electron chi connectivity index (χ4n) is 5.77. The van der Waals surface area contributed by atoms with Crippen LogP contribution >= 0.6 is 12.2 Å². The molecule has 1 amide bonds. The van der Waals surface area contributed by atoms with Gasteiger partial charge in [-0.15, -0.1) is 0 Å². The minimum atomic E-state index is -0.543. The lowest BCUT2D eigenvalue weighted by molar-refractivity contribution is -0.126. The molecule has 1 N–H and O–H groups in total. The van der Waals surface area contributed by atoms with Crippen LogP contribution in [0.4, 0.5) is 10.2 Å². The number of hydrogen-bond donors (Lipinski definition) is 1. The lowest BCUT2D eigenvalue weighted by atomic mass is 9.99. The molecule has 0 radical (unpaired) electrons. The van der Waals surface area contributed by atoms with Crippen LogP contribution in [0.2, 0.25) is 0 Å². The third-order valence-electron chi connectivity index (χ3n) is 7.69. The molecule has 1 fully saturated rings. The molecule has 3 aromatic carbocycles. The summed E-state index contributed by atoms with van der Waals surface area (Å²) in [7, 11) is 0. The molecule has 9 heteroatoms. The van der Waals surface area contributed by atoms with E-state index in [0.29, 0.717) is 47.1 Å². The summed E-state index contributed by atoms with van der Waals surface area (Å²) in [5, 5.41) is 11.4. The minimum absolute atomic E-state index is 0.0851. The van der Waals surface area contributed by atoms with Gasteiger partial charge in [0.15, 0.2) is 0 Å². The van der Waals surface area contributed by atoms with Crippen molar-refractivity contribution in [3.8, 4) is 28.3 Å². The van der Waals surface area contributed by atoms with Gasteiger partial charge < -0.3 is 19.6 Å². The Kier molecular flexibility index (Phi) is 6.54. The number of hydrogen-bond acceptors (Lipinski definition) is 6. The molecule has 0 bridgehead atoms. The van der Waals surface area contributed by atoms with E-state index in [4.69, 9.17) is 21.9 Å². The number of aromatic hydroxyl groups is 1. The number of fused-ring (bicyclic) bond motifs is 2. The van der Waals surface area contributed by atoms with Crippen LogP contribution in [-0.2, 0) is 4.79 Å². The van der Waals surface area contributed by atoms with Crippen LogP contribution in [-0.4, -0.2) is 57.7 Å². The monoisotopic (exact) mass is 556 g/mol. The van der Waals surface area contributed by atoms with Gasteiger partial charge in [0.05, 0.1) is 28.2 Å². The Morgan fingerprint density at radius 3 is 2.75 bits per heavy atom. The number of rotatable bonds is 4. The summed E-state index contributed by atoms with van der Waals surface area (Å²) >= 11 is 5.94. The first kappa shape index (κ1) is 26.0. The second kappa shape index (κ2) is 10.1. The second-order valence-corrected chi connectivity index (χ2v) is 10.8. The van der Waals surface area contributed by atoms with Crippen molar-refractivity contribution in [1.29, 1.82) is 0 Å². The maximum absolute atomic E-state index is 15.1. The number of phenolic OH excluding ortho intramolecular Hbond substituents is 1. The number of phenols is 1. The zero-order valence-corrected chi connectivity index (χ0v) is 23.1. The molecule has 2 aliphatic rings. The van der Waals surface area contributed by atoms with E-state index in [1.807, 2.05) is 28.8 Å². The summed E-state index contributed by atoms with van der Waals surface area (Å²) in [6.07, 6.45) is 1.32. The minimum Gasteiger partial charge on any atom is -0.507 e. The Morgan fingerprint density at radius 2 is 2.00 bits per heavy atom. The Morgan fingerprint density at radius 1 is 1.20 bits per heavy atom. The summed E-state index contributed by atoms with van der Waals surface area (Å²) in [4.78, 5) is 21.3. The van der Waals surface area contributed by atoms with Gasteiger partial charge in [0.1, 0.15) is 29.7 Å². The van der Waals surface area contributed by atoms with Crippen molar-refractivity contribution in [1.82, 2.24) is 14.5 Å². The third-order valence-corrected chi connectivity index (χ3v) is 7.96.